The summed E-state index contributed by atoms with van der Waals surface area (Å²) in [4.78, 5) is 28.5. The number of imidazole rings is 1. The number of carbonyl (C=O) groups excluding carboxylic acids is 1. The van der Waals surface area contributed by atoms with Crippen molar-refractivity contribution < 1.29 is 4.79 Å². The largest absolute Gasteiger partial charge is 0.305 e. The van der Waals surface area contributed by atoms with Gasteiger partial charge in [0.1, 0.15) is 11.2 Å². The van der Waals surface area contributed by atoms with Gasteiger partial charge in [-0.25, -0.2) is 9.97 Å². The summed E-state index contributed by atoms with van der Waals surface area (Å²) in [5.41, 5.74) is 2.02. The maximum absolute atomic E-state index is 12.9. The number of hydrogen-bond acceptors (Lipinski definition) is 6. The molecular formula is C18H19ClN6O. The van der Waals surface area contributed by atoms with Gasteiger partial charge in [-0.2, -0.15) is 0 Å². The van der Waals surface area contributed by atoms with Crippen LogP contribution in [0.3, 0.4) is 0 Å². The lowest BCUT2D eigenvalue weighted by Gasteiger charge is -2.30. The van der Waals surface area contributed by atoms with Crippen molar-refractivity contribution in [2.75, 3.05) is 26.7 Å². The number of nitrogens with zero attached hydrogens (tertiary/aromatic N) is 5. The van der Waals surface area contributed by atoms with Crippen molar-refractivity contribution in [3.63, 3.8) is 0 Å². The van der Waals surface area contributed by atoms with E-state index in [2.05, 4.69) is 25.2 Å². The number of aromatic nitrogens is 4. The first-order chi connectivity index (χ1) is 12.6. The molecule has 1 atom stereocenters. The second-order valence-corrected chi connectivity index (χ2v) is 6.90. The summed E-state index contributed by atoms with van der Waals surface area (Å²) in [5, 5.41) is 3.87. The van der Waals surface area contributed by atoms with Gasteiger partial charge in [0.05, 0.1) is 12.6 Å². The van der Waals surface area contributed by atoms with Gasteiger partial charge in [0, 0.05) is 37.1 Å². The molecule has 1 N–H and O–H groups in total. The number of likely N-dealkylation sites (N-methyl/N-ethyl adjacent to an activating group) is 1. The first-order valence-electron chi connectivity index (χ1n) is 8.49. The van der Waals surface area contributed by atoms with E-state index in [1.54, 1.807) is 24.5 Å². The van der Waals surface area contributed by atoms with Gasteiger partial charge in [0.2, 0.25) is 0 Å². The maximum Gasteiger partial charge on any atom is 0.170 e. The summed E-state index contributed by atoms with van der Waals surface area (Å²) >= 11 is 6.11. The molecule has 0 aromatic carbocycles. The SMILES string of the molecule is CN1CCNC(C(=O)Cn2c(-c3cc(Cl)ccn3)nc3cccnc32)C1. The summed E-state index contributed by atoms with van der Waals surface area (Å²) in [7, 11) is 2.02. The fourth-order valence-electron chi connectivity index (χ4n) is 3.21. The molecule has 0 radical (unpaired) electrons. The predicted molar refractivity (Wildman–Crippen MR) is 100 cm³/mol. The lowest BCUT2D eigenvalue weighted by atomic mass is 10.1. The van der Waals surface area contributed by atoms with Crippen molar-refractivity contribution >= 4 is 28.5 Å². The molecule has 0 aliphatic carbocycles. The molecule has 8 heteroatoms. The van der Waals surface area contributed by atoms with E-state index in [4.69, 9.17) is 11.6 Å². The quantitative estimate of drug-likeness (QED) is 0.752. The van der Waals surface area contributed by atoms with Gasteiger partial charge in [-0.05, 0) is 31.3 Å². The Balaban J connectivity index is 1.73. The first kappa shape index (κ1) is 17.1. The number of Topliss-reactive ketones (excluding diaryl/α,β-unsaturated/α-hetero) is 1. The highest BCUT2D eigenvalue weighted by molar-refractivity contribution is 6.30. The van der Waals surface area contributed by atoms with E-state index in [1.165, 1.54) is 0 Å². The summed E-state index contributed by atoms with van der Waals surface area (Å²) in [5.74, 6) is 0.698. The minimum Gasteiger partial charge on any atom is -0.305 e. The molecule has 1 aliphatic rings. The van der Waals surface area contributed by atoms with Crippen LogP contribution in [-0.4, -0.2) is 62.9 Å². The van der Waals surface area contributed by atoms with Crippen LogP contribution in [0.1, 0.15) is 0 Å². The number of piperazine rings is 1. The minimum atomic E-state index is -0.199. The Morgan fingerprint density at radius 1 is 1.35 bits per heavy atom. The van der Waals surface area contributed by atoms with Crippen LogP contribution >= 0.6 is 11.6 Å². The third kappa shape index (κ3) is 3.33. The maximum atomic E-state index is 12.9. The Labute approximate surface area is 156 Å². The van der Waals surface area contributed by atoms with Crippen molar-refractivity contribution in [1.82, 2.24) is 29.7 Å². The Kier molecular flexibility index (Phi) is 4.67. The smallest absolute Gasteiger partial charge is 0.170 e. The number of halogens is 1. The molecule has 0 amide bonds. The van der Waals surface area contributed by atoms with Crippen LogP contribution in [0.15, 0.2) is 36.7 Å². The predicted octanol–water partition coefficient (Wildman–Crippen LogP) is 1.62. The van der Waals surface area contributed by atoms with Gasteiger partial charge >= 0.3 is 0 Å². The Morgan fingerprint density at radius 2 is 2.23 bits per heavy atom. The lowest BCUT2D eigenvalue weighted by molar-refractivity contribution is -0.122. The highest BCUT2D eigenvalue weighted by Crippen LogP contribution is 2.24. The summed E-state index contributed by atoms with van der Waals surface area (Å²) in [6.07, 6.45) is 3.33. The zero-order chi connectivity index (χ0) is 18.1. The Hall–Kier alpha value is -2.35. The average Bonchev–Trinajstić information content (AvgIpc) is 3.00. The van der Waals surface area contributed by atoms with Gasteiger partial charge in [-0.15, -0.1) is 0 Å². The Morgan fingerprint density at radius 3 is 3.04 bits per heavy atom. The molecule has 3 aromatic rings. The Bertz CT molecular complexity index is 956. The molecule has 3 aromatic heterocycles. The number of carbonyl (C=O) groups is 1. The second kappa shape index (κ2) is 7.11. The van der Waals surface area contributed by atoms with E-state index in [1.807, 2.05) is 23.7 Å². The van der Waals surface area contributed by atoms with Crippen LogP contribution in [0.25, 0.3) is 22.7 Å². The van der Waals surface area contributed by atoms with Crippen LogP contribution in [0.4, 0.5) is 0 Å². The third-order valence-corrected chi connectivity index (χ3v) is 4.77. The van der Waals surface area contributed by atoms with E-state index < -0.39 is 0 Å². The van der Waals surface area contributed by atoms with Crippen LogP contribution in [0.2, 0.25) is 5.02 Å². The summed E-state index contributed by atoms with van der Waals surface area (Å²) in [6, 6.07) is 6.97. The highest BCUT2D eigenvalue weighted by Gasteiger charge is 2.25. The standard InChI is InChI=1S/C18H19ClN6O/c1-24-8-7-21-15(10-24)16(26)11-25-17-13(3-2-5-22-17)23-18(25)14-9-12(19)4-6-20-14/h2-6,9,15,21H,7-8,10-11H2,1H3. The summed E-state index contributed by atoms with van der Waals surface area (Å²) in [6.45, 7) is 2.63. The molecule has 134 valence electrons. The highest BCUT2D eigenvalue weighted by atomic mass is 35.5. The van der Waals surface area contributed by atoms with E-state index in [-0.39, 0.29) is 18.4 Å². The second-order valence-electron chi connectivity index (χ2n) is 6.46. The molecule has 1 aliphatic heterocycles. The minimum absolute atomic E-state index is 0.102. The number of hydrogen-bond donors (Lipinski definition) is 1. The molecule has 4 rings (SSSR count). The number of pyridine rings is 2. The van der Waals surface area contributed by atoms with E-state index >= 15 is 0 Å². The normalized spacial score (nSPS) is 18.3. The number of fused-ring (bicyclic) bond motifs is 1. The van der Waals surface area contributed by atoms with Crippen molar-refractivity contribution in [2.24, 2.45) is 0 Å². The molecule has 7 nitrogen and oxygen atoms in total. The van der Waals surface area contributed by atoms with Crippen molar-refractivity contribution in [3.05, 3.63) is 41.7 Å². The molecule has 4 heterocycles. The van der Waals surface area contributed by atoms with Gasteiger partial charge in [-0.1, -0.05) is 11.6 Å². The molecule has 1 unspecified atom stereocenters. The third-order valence-electron chi connectivity index (χ3n) is 4.54. The molecule has 1 saturated heterocycles. The molecule has 0 saturated carbocycles. The average molecular weight is 371 g/mol. The number of ketones is 1. The fraction of sp³-hybridized carbons (Fsp3) is 0.333. The van der Waals surface area contributed by atoms with Crippen LogP contribution in [0, 0.1) is 0 Å². The fourth-order valence-corrected chi connectivity index (χ4v) is 3.37. The van der Waals surface area contributed by atoms with E-state index in [0.717, 1.165) is 18.6 Å². The van der Waals surface area contributed by atoms with Gasteiger partial charge in [0.15, 0.2) is 17.3 Å². The molecule has 1 fully saturated rings. The topological polar surface area (TPSA) is 75.9 Å². The van der Waals surface area contributed by atoms with Crippen LogP contribution in [0.5, 0.6) is 0 Å². The van der Waals surface area contributed by atoms with E-state index in [9.17, 15) is 4.79 Å². The number of rotatable bonds is 4. The molecule has 26 heavy (non-hydrogen) atoms. The van der Waals surface area contributed by atoms with Crippen molar-refractivity contribution in [1.29, 1.82) is 0 Å². The van der Waals surface area contributed by atoms with Crippen LogP contribution in [-0.2, 0) is 11.3 Å². The van der Waals surface area contributed by atoms with Gasteiger partial charge < -0.3 is 10.2 Å². The van der Waals surface area contributed by atoms with Gasteiger partial charge in [-0.3, -0.25) is 14.3 Å². The van der Waals surface area contributed by atoms with Gasteiger partial charge in [0.25, 0.3) is 0 Å². The summed E-state index contributed by atoms with van der Waals surface area (Å²) < 4.78 is 1.83. The zero-order valence-electron chi connectivity index (χ0n) is 14.4. The van der Waals surface area contributed by atoms with Crippen molar-refractivity contribution in [2.45, 2.75) is 12.6 Å². The van der Waals surface area contributed by atoms with Crippen LogP contribution < -0.4 is 5.32 Å². The van der Waals surface area contributed by atoms with E-state index in [0.29, 0.717) is 28.7 Å². The monoisotopic (exact) mass is 370 g/mol. The lowest BCUT2D eigenvalue weighted by Crippen LogP contribution is -2.53. The first-order valence-corrected chi connectivity index (χ1v) is 8.87. The zero-order valence-corrected chi connectivity index (χ0v) is 15.1. The number of nitrogens with one attached hydrogen (secondary N) is 1. The molecular weight excluding hydrogens is 352 g/mol. The molecule has 0 spiro atoms. The van der Waals surface area contributed by atoms with Crippen molar-refractivity contribution in [3.8, 4) is 11.5 Å². The molecule has 0 bridgehead atoms.